The Morgan fingerprint density at radius 1 is 0.938 bits per heavy atom. The Kier molecular flexibility index (Phi) is 16.2. The van der Waals surface area contributed by atoms with Crippen molar-refractivity contribution in [3.8, 4) is 0 Å². The highest BCUT2D eigenvalue weighted by Crippen LogP contribution is 2.04. The number of hydrogen-bond acceptors (Lipinski definition) is 0. The average molecular weight is 224 g/mol. The maximum Gasteiger partial charge on any atom is -0.0326 e. The first-order valence-electron chi connectivity index (χ1n) is 6.82. The molecule has 0 aromatic rings. The molecule has 0 saturated carbocycles. The first-order valence-corrected chi connectivity index (χ1v) is 6.82. The summed E-state index contributed by atoms with van der Waals surface area (Å²) >= 11 is 0. The van der Waals surface area contributed by atoms with E-state index in [-0.39, 0.29) is 0 Å². The zero-order chi connectivity index (χ0) is 12.8. The summed E-state index contributed by atoms with van der Waals surface area (Å²) in [4.78, 5) is 0. The van der Waals surface area contributed by atoms with E-state index in [0.717, 1.165) is 0 Å². The Hall–Kier alpha value is -0.520. The molecule has 96 valence electrons. The Labute approximate surface area is 104 Å². The minimum atomic E-state index is 1.22. The van der Waals surface area contributed by atoms with Gasteiger partial charge in [0.2, 0.25) is 0 Å². The second kappa shape index (κ2) is 14.5. The van der Waals surface area contributed by atoms with Crippen molar-refractivity contribution in [3.05, 3.63) is 23.8 Å². The van der Waals surface area contributed by atoms with Crippen LogP contribution in [0.5, 0.6) is 0 Å². The van der Waals surface area contributed by atoms with Crippen LogP contribution in [0.1, 0.15) is 79.6 Å². The second-order valence-electron chi connectivity index (χ2n) is 4.84. The molecule has 0 saturated heterocycles. The van der Waals surface area contributed by atoms with Crippen LogP contribution < -0.4 is 0 Å². The lowest BCUT2D eigenvalue weighted by Crippen LogP contribution is -1.74. The molecule has 16 heavy (non-hydrogen) atoms. The van der Waals surface area contributed by atoms with E-state index in [1.807, 2.05) is 0 Å². The summed E-state index contributed by atoms with van der Waals surface area (Å²) in [5.41, 5.74) is 2.76. The first kappa shape index (κ1) is 17.9. The van der Waals surface area contributed by atoms with Gasteiger partial charge in [0, 0.05) is 0 Å². The second-order valence-corrected chi connectivity index (χ2v) is 4.84. The summed E-state index contributed by atoms with van der Waals surface area (Å²) in [7, 11) is 0. The van der Waals surface area contributed by atoms with E-state index in [2.05, 4.69) is 47.3 Å². The highest BCUT2D eigenvalue weighted by Gasteiger charge is 1.84. The Morgan fingerprint density at radius 3 is 1.88 bits per heavy atom. The summed E-state index contributed by atoms with van der Waals surface area (Å²) < 4.78 is 0. The van der Waals surface area contributed by atoms with E-state index in [0.29, 0.717) is 0 Å². The summed E-state index contributed by atoms with van der Waals surface area (Å²) in [6.07, 6.45) is 11.4. The van der Waals surface area contributed by atoms with Gasteiger partial charge in [-0.25, -0.2) is 0 Å². The SMILES string of the molecule is C=C(C)CCCCC.CCCCC=C(C)C. The van der Waals surface area contributed by atoms with E-state index in [9.17, 15) is 0 Å². The quantitative estimate of drug-likeness (QED) is 0.352. The topological polar surface area (TPSA) is 0 Å². The van der Waals surface area contributed by atoms with Crippen molar-refractivity contribution in [2.45, 2.75) is 79.6 Å². The third-order valence-corrected chi connectivity index (χ3v) is 2.32. The van der Waals surface area contributed by atoms with Gasteiger partial charge >= 0.3 is 0 Å². The van der Waals surface area contributed by atoms with Crippen molar-refractivity contribution < 1.29 is 0 Å². The molecule has 0 heterocycles. The summed E-state index contributed by atoms with van der Waals surface area (Å²) in [5.74, 6) is 0. The van der Waals surface area contributed by atoms with Gasteiger partial charge in [-0.1, -0.05) is 56.8 Å². The van der Waals surface area contributed by atoms with Gasteiger partial charge in [-0.05, 0) is 40.0 Å². The zero-order valence-corrected chi connectivity index (χ0v) is 12.2. The van der Waals surface area contributed by atoms with Crippen LogP contribution in [0.3, 0.4) is 0 Å². The minimum absolute atomic E-state index is 1.22. The lowest BCUT2D eigenvalue weighted by molar-refractivity contribution is 0.714. The van der Waals surface area contributed by atoms with Crippen molar-refractivity contribution in [2.75, 3.05) is 0 Å². The molecule has 0 heteroatoms. The predicted octanol–water partition coefficient (Wildman–Crippen LogP) is 6.29. The Bertz CT molecular complexity index is 170. The predicted molar refractivity (Wildman–Crippen MR) is 77.9 cm³/mol. The van der Waals surface area contributed by atoms with Gasteiger partial charge in [0.15, 0.2) is 0 Å². The van der Waals surface area contributed by atoms with Gasteiger partial charge < -0.3 is 0 Å². The van der Waals surface area contributed by atoms with Gasteiger partial charge in [0.1, 0.15) is 0 Å². The molecular weight excluding hydrogens is 192 g/mol. The van der Waals surface area contributed by atoms with E-state index in [1.165, 1.54) is 56.1 Å². The standard InChI is InChI=1S/2C8H16/c2*1-4-5-6-7-8(2)3/h7H,4-6H2,1-3H3;2,4-7H2,1,3H3. The van der Waals surface area contributed by atoms with Crippen molar-refractivity contribution >= 4 is 0 Å². The minimum Gasteiger partial charge on any atom is -0.100 e. The molecule has 0 aromatic heterocycles. The van der Waals surface area contributed by atoms with Crippen molar-refractivity contribution in [2.24, 2.45) is 0 Å². The number of unbranched alkanes of at least 4 members (excludes halogenated alkanes) is 4. The molecular formula is C16H32. The molecule has 0 bridgehead atoms. The van der Waals surface area contributed by atoms with Crippen molar-refractivity contribution in [3.63, 3.8) is 0 Å². The molecule has 0 rings (SSSR count). The van der Waals surface area contributed by atoms with E-state index >= 15 is 0 Å². The van der Waals surface area contributed by atoms with Crippen molar-refractivity contribution in [1.82, 2.24) is 0 Å². The van der Waals surface area contributed by atoms with Crippen LogP contribution in [0.4, 0.5) is 0 Å². The third kappa shape index (κ3) is 23.4. The van der Waals surface area contributed by atoms with Crippen LogP contribution in [0, 0.1) is 0 Å². The zero-order valence-electron chi connectivity index (χ0n) is 12.2. The molecule has 0 aromatic carbocycles. The molecule has 0 nitrogen and oxygen atoms in total. The molecule has 0 fully saturated rings. The van der Waals surface area contributed by atoms with Gasteiger partial charge in [0.25, 0.3) is 0 Å². The van der Waals surface area contributed by atoms with Gasteiger partial charge in [-0.2, -0.15) is 0 Å². The van der Waals surface area contributed by atoms with E-state index in [4.69, 9.17) is 0 Å². The monoisotopic (exact) mass is 224 g/mol. The molecule has 0 spiro atoms. The lowest BCUT2D eigenvalue weighted by atomic mass is 10.1. The van der Waals surface area contributed by atoms with Crippen LogP contribution >= 0.6 is 0 Å². The maximum absolute atomic E-state index is 3.83. The van der Waals surface area contributed by atoms with Crippen LogP contribution in [0.25, 0.3) is 0 Å². The van der Waals surface area contributed by atoms with Crippen LogP contribution in [-0.2, 0) is 0 Å². The van der Waals surface area contributed by atoms with Gasteiger partial charge in [-0.15, -0.1) is 6.58 Å². The molecule has 0 amide bonds. The van der Waals surface area contributed by atoms with Gasteiger partial charge in [-0.3, -0.25) is 0 Å². The molecule has 0 aliphatic heterocycles. The number of rotatable bonds is 7. The molecule has 0 N–H and O–H groups in total. The summed E-state index contributed by atoms with van der Waals surface area (Å²) in [5, 5.41) is 0. The fourth-order valence-electron chi connectivity index (χ4n) is 1.27. The van der Waals surface area contributed by atoms with Crippen LogP contribution in [0.15, 0.2) is 23.8 Å². The fraction of sp³-hybridized carbons (Fsp3) is 0.750. The summed E-state index contributed by atoms with van der Waals surface area (Å²) in [6.45, 7) is 14.7. The van der Waals surface area contributed by atoms with Crippen molar-refractivity contribution in [1.29, 1.82) is 0 Å². The Morgan fingerprint density at radius 2 is 1.50 bits per heavy atom. The smallest absolute Gasteiger partial charge is 0.0326 e. The maximum atomic E-state index is 3.83. The average Bonchev–Trinajstić information content (AvgIpc) is 2.18. The highest BCUT2D eigenvalue weighted by atomic mass is 13.9. The summed E-state index contributed by atoms with van der Waals surface area (Å²) in [6, 6.07) is 0. The Balaban J connectivity index is 0. The highest BCUT2D eigenvalue weighted by molar-refractivity contribution is 4.92. The molecule has 0 radical (unpaired) electrons. The normalized spacial score (nSPS) is 9.06. The number of allylic oxidation sites excluding steroid dienone is 3. The molecule has 0 unspecified atom stereocenters. The lowest BCUT2D eigenvalue weighted by Gasteiger charge is -1.94. The first-order chi connectivity index (χ1) is 7.54. The van der Waals surface area contributed by atoms with E-state index < -0.39 is 0 Å². The third-order valence-electron chi connectivity index (χ3n) is 2.32. The largest absolute Gasteiger partial charge is 0.100 e. The van der Waals surface area contributed by atoms with Crippen LogP contribution in [-0.4, -0.2) is 0 Å². The van der Waals surface area contributed by atoms with Crippen LogP contribution in [0.2, 0.25) is 0 Å². The molecule has 0 aliphatic rings. The van der Waals surface area contributed by atoms with Gasteiger partial charge in [0.05, 0.1) is 0 Å². The number of hydrogen-bond donors (Lipinski definition) is 0. The molecule has 0 aliphatic carbocycles. The van der Waals surface area contributed by atoms with E-state index in [1.54, 1.807) is 0 Å². The fourth-order valence-corrected chi connectivity index (χ4v) is 1.27. The molecule has 0 atom stereocenters.